The lowest BCUT2D eigenvalue weighted by molar-refractivity contribution is 0.0883. The molecule has 0 unspecified atom stereocenters. The second-order valence-corrected chi connectivity index (χ2v) is 10.8. The molecular formula is C25H36N2O5S. The molecule has 0 spiro atoms. The maximum atomic E-state index is 12.6. The van der Waals surface area contributed by atoms with Crippen LogP contribution in [-0.4, -0.2) is 54.9 Å². The molecule has 0 fully saturated rings. The van der Waals surface area contributed by atoms with Gasteiger partial charge in [-0.2, -0.15) is 4.31 Å². The summed E-state index contributed by atoms with van der Waals surface area (Å²) < 4.78 is 31.9. The van der Waals surface area contributed by atoms with Crippen molar-refractivity contribution in [1.29, 1.82) is 0 Å². The highest BCUT2D eigenvalue weighted by atomic mass is 32.2. The average molecular weight is 477 g/mol. The summed E-state index contributed by atoms with van der Waals surface area (Å²) in [6.45, 7) is 5.96. The van der Waals surface area contributed by atoms with Crippen LogP contribution in [0.4, 0.5) is 4.79 Å². The molecule has 0 aliphatic carbocycles. The van der Waals surface area contributed by atoms with Crippen LogP contribution in [0.2, 0.25) is 0 Å². The van der Waals surface area contributed by atoms with E-state index in [0.717, 1.165) is 11.1 Å². The summed E-state index contributed by atoms with van der Waals surface area (Å²) in [5.41, 5.74) is 1.76. The SMILES string of the molecule is CCS(=O)(=O)N(CCC(C)C)C[C@@H](O)[C@H](Cc1ccccc1)NC(=O)OCc1ccccc1. The number of aliphatic hydroxyl groups is 1. The van der Waals surface area contributed by atoms with Crippen molar-refractivity contribution in [3.05, 3.63) is 71.8 Å². The molecule has 2 aromatic carbocycles. The Labute approximate surface area is 197 Å². The number of nitrogens with zero attached hydrogens (tertiary/aromatic N) is 1. The monoisotopic (exact) mass is 476 g/mol. The number of benzene rings is 2. The van der Waals surface area contributed by atoms with Gasteiger partial charge < -0.3 is 15.2 Å². The predicted octanol–water partition coefficient (Wildman–Crippen LogP) is 3.58. The summed E-state index contributed by atoms with van der Waals surface area (Å²) in [7, 11) is -3.50. The van der Waals surface area contributed by atoms with E-state index in [1.807, 2.05) is 74.5 Å². The van der Waals surface area contributed by atoms with Crippen LogP contribution in [0.3, 0.4) is 0 Å². The van der Waals surface area contributed by atoms with Gasteiger partial charge in [-0.05, 0) is 36.8 Å². The largest absolute Gasteiger partial charge is 0.445 e. The molecule has 0 aliphatic rings. The second kappa shape index (κ2) is 13.3. The first kappa shape index (κ1) is 26.8. The zero-order chi connectivity index (χ0) is 24.3. The number of alkyl carbamates (subject to hydrolysis) is 1. The average Bonchev–Trinajstić information content (AvgIpc) is 2.81. The van der Waals surface area contributed by atoms with Crippen molar-refractivity contribution < 1.29 is 23.1 Å². The third-order valence-corrected chi connectivity index (χ3v) is 7.23. The zero-order valence-electron chi connectivity index (χ0n) is 19.7. The normalized spacial score (nSPS) is 13.6. The van der Waals surface area contributed by atoms with Crippen molar-refractivity contribution >= 4 is 16.1 Å². The highest BCUT2D eigenvalue weighted by molar-refractivity contribution is 7.89. The van der Waals surface area contributed by atoms with Gasteiger partial charge in [-0.25, -0.2) is 13.2 Å². The lowest BCUT2D eigenvalue weighted by Crippen LogP contribution is -2.51. The molecule has 0 saturated carbocycles. The van der Waals surface area contributed by atoms with Crippen LogP contribution in [-0.2, 0) is 27.8 Å². The molecule has 33 heavy (non-hydrogen) atoms. The van der Waals surface area contributed by atoms with E-state index in [-0.39, 0.29) is 18.9 Å². The summed E-state index contributed by atoms with van der Waals surface area (Å²) in [4.78, 5) is 12.5. The minimum absolute atomic E-state index is 0.0479. The van der Waals surface area contributed by atoms with Gasteiger partial charge in [0.05, 0.1) is 17.9 Å². The third-order valence-electron chi connectivity index (χ3n) is 5.38. The topological polar surface area (TPSA) is 95.9 Å². The Morgan fingerprint density at radius 3 is 2.15 bits per heavy atom. The maximum Gasteiger partial charge on any atom is 0.407 e. The minimum Gasteiger partial charge on any atom is -0.445 e. The van der Waals surface area contributed by atoms with Gasteiger partial charge in [-0.3, -0.25) is 0 Å². The van der Waals surface area contributed by atoms with Gasteiger partial charge in [0.2, 0.25) is 10.0 Å². The lowest BCUT2D eigenvalue weighted by atomic mass is 10.0. The predicted molar refractivity (Wildman–Crippen MR) is 130 cm³/mol. The summed E-state index contributed by atoms with van der Waals surface area (Å²) in [5.74, 6) is 0.274. The van der Waals surface area contributed by atoms with Gasteiger partial charge in [0.1, 0.15) is 6.61 Å². The Hall–Kier alpha value is -2.42. The van der Waals surface area contributed by atoms with Crippen molar-refractivity contribution in [2.24, 2.45) is 5.92 Å². The summed E-state index contributed by atoms with van der Waals surface area (Å²) in [6, 6.07) is 18.0. The Kier molecular flexibility index (Phi) is 10.8. The van der Waals surface area contributed by atoms with Crippen LogP contribution >= 0.6 is 0 Å². The standard InChI is InChI=1S/C25H36N2O5S/c1-4-33(30,31)27(16-15-20(2)3)18-24(28)23(17-21-11-7-5-8-12-21)26-25(29)32-19-22-13-9-6-10-14-22/h5-14,20,23-24,28H,4,15-19H2,1-3H3,(H,26,29)/t23-,24+/m0/s1. The molecule has 8 heteroatoms. The molecule has 0 aromatic heterocycles. The number of ether oxygens (including phenoxy) is 1. The molecule has 2 atom stereocenters. The van der Waals surface area contributed by atoms with E-state index in [4.69, 9.17) is 4.74 Å². The first-order valence-corrected chi connectivity index (χ1v) is 13.0. The number of carbonyl (C=O) groups excluding carboxylic acids is 1. The Bertz CT molecular complexity index is 936. The smallest absolute Gasteiger partial charge is 0.407 e. The van der Waals surface area contributed by atoms with Crippen LogP contribution in [0.5, 0.6) is 0 Å². The molecule has 7 nitrogen and oxygen atoms in total. The van der Waals surface area contributed by atoms with Gasteiger partial charge in [0.25, 0.3) is 0 Å². The van der Waals surface area contributed by atoms with Gasteiger partial charge >= 0.3 is 6.09 Å². The molecule has 0 aliphatic heterocycles. The maximum absolute atomic E-state index is 12.6. The Morgan fingerprint density at radius 2 is 1.61 bits per heavy atom. The van der Waals surface area contributed by atoms with Gasteiger partial charge in [-0.1, -0.05) is 74.5 Å². The van der Waals surface area contributed by atoms with E-state index < -0.39 is 28.3 Å². The van der Waals surface area contributed by atoms with E-state index in [0.29, 0.717) is 25.3 Å². The molecule has 2 aromatic rings. The minimum atomic E-state index is -3.50. The molecule has 0 saturated heterocycles. The molecule has 0 bridgehead atoms. The number of sulfonamides is 1. The fourth-order valence-electron chi connectivity index (χ4n) is 3.33. The Balaban J connectivity index is 2.12. The van der Waals surface area contributed by atoms with Crippen LogP contribution in [0.25, 0.3) is 0 Å². The summed E-state index contributed by atoms with van der Waals surface area (Å²) in [6.07, 6.45) is -0.747. The molecule has 2 N–H and O–H groups in total. The number of aliphatic hydroxyl groups excluding tert-OH is 1. The van der Waals surface area contributed by atoms with Crippen LogP contribution < -0.4 is 5.32 Å². The number of hydrogen-bond acceptors (Lipinski definition) is 5. The fourth-order valence-corrected chi connectivity index (χ4v) is 4.46. The molecule has 0 heterocycles. The second-order valence-electron chi connectivity index (χ2n) is 8.51. The van der Waals surface area contributed by atoms with Gasteiger partial charge in [-0.15, -0.1) is 0 Å². The van der Waals surface area contributed by atoms with E-state index in [1.54, 1.807) is 6.92 Å². The van der Waals surface area contributed by atoms with Crippen molar-refractivity contribution in [3.8, 4) is 0 Å². The van der Waals surface area contributed by atoms with Crippen molar-refractivity contribution in [1.82, 2.24) is 9.62 Å². The van der Waals surface area contributed by atoms with Crippen LogP contribution in [0.1, 0.15) is 38.3 Å². The number of hydrogen-bond donors (Lipinski definition) is 2. The molecule has 2 rings (SSSR count). The van der Waals surface area contributed by atoms with Crippen LogP contribution in [0, 0.1) is 5.92 Å². The van der Waals surface area contributed by atoms with E-state index >= 15 is 0 Å². The van der Waals surface area contributed by atoms with Gasteiger partial charge in [0.15, 0.2) is 0 Å². The third kappa shape index (κ3) is 9.53. The first-order valence-electron chi connectivity index (χ1n) is 11.4. The van der Waals surface area contributed by atoms with Gasteiger partial charge in [0, 0.05) is 13.1 Å². The number of nitrogens with one attached hydrogen (secondary N) is 1. The van der Waals surface area contributed by atoms with Crippen LogP contribution in [0.15, 0.2) is 60.7 Å². The highest BCUT2D eigenvalue weighted by Gasteiger charge is 2.29. The molecule has 1 amide bonds. The van der Waals surface area contributed by atoms with Crippen molar-refractivity contribution in [2.75, 3.05) is 18.8 Å². The summed E-state index contributed by atoms with van der Waals surface area (Å²) >= 11 is 0. The molecular weight excluding hydrogens is 440 g/mol. The van der Waals surface area contributed by atoms with Crippen molar-refractivity contribution in [3.63, 3.8) is 0 Å². The van der Waals surface area contributed by atoms with Crippen molar-refractivity contribution in [2.45, 2.75) is 52.4 Å². The number of amides is 1. The van der Waals surface area contributed by atoms with E-state index in [9.17, 15) is 18.3 Å². The number of rotatable bonds is 13. The number of carbonyl (C=O) groups is 1. The fraction of sp³-hybridized carbons (Fsp3) is 0.480. The Morgan fingerprint density at radius 1 is 1.03 bits per heavy atom. The zero-order valence-corrected chi connectivity index (χ0v) is 20.5. The lowest BCUT2D eigenvalue weighted by Gasteiger charge is -2.29. The highest BCUT2D eigenvalue weighted by Crippen LogP contribution is 2.13. The molecule has 182 valence electrons. The van der Waals surface area contributed by atoms with E-state index in [2.05, 4.69) is 5.32 Å². The molecule has 0 radical (unpaired) electrons. The first-order chi connectivity index (χ1) is 15.7. The summed E-state index contributed by atoms with van der Waals surface area (Å²) in [5, 5.41) is 13.8. The van der Waals surface area contributed by atoms with E-state index in [1.165, 1.54) is 4.31 Å². The quantitative estimate of drug-likeness (QED) is 0.461.